The average Bonchev–Trinajstić information content (AvgIpc) is 2.41. The van der Waals surface area contributed by atoms with E-state index in [2.05, 4.69) is 29.8 Å². The van der Waals surface area contributed by atoms with Crippen LogP contribution in [0, 0.1) is 5.92 Å². The highest BCUT2D eigenvalue weighted by Gasteiger charge is 2.20. The van der Waals surface area contributed by atoms with E-state index in [1.807, 2.05) is 26.0 Å². The third kappa shape index (κ3) is 4.38. The van der Waals surface area contributed by atoms with Crippen LogP contribution < -0.4 is 15.2 Å². The first-order valence-electron chi connectivity index (χ1n) is 7.39. The molecule has 0 saturated carbocycles. The van der Waals surface area contributed by atoms with Crippen LogP contribution in [0.1, 0.15) is 52.1 Å². The quantitative estimate of drug-likeness (QED) is 0.744. The lowest BCUT2D eigenvalue weighted by Gasteiger charge is -2.23. The molecule has 0 bridgehead atoms. The van der Waals surface area contributed by atoms with Crippen LogP contribution in [0.2, 0.25) is 0 Å². The molecule has 2 N–H and O–H groups in total. The Balaban J connectivity index is 3.10. The highest BCUT2D eigenvalue weighted by Crippen LogP contribution is 2.38. The molecule has 4 heteroatoms. The molecule has 0 amide bonds. The van der Waals surface area contributed by atoms with Crippen LogP contribution in [0.5, 0.6) is 11.5 Å². The molecule has 1 rings (SSSR count). The van der Waals surface area contributed by atoms with Crippen molar-refractivity contribution in [2.45, 2.75) is 46.6 Å². The number of rotatable bonds is 8. The third-order valence-electron chi connectivity index (χ3n) is 3.38. The van der Waals surface area contributed by atoms with Crippen LogP contribution in [0.25, 0.3) is 0 Å². The summed E-state index contributed by atoms with van der Waals surface area (Å²) in [5, 5.41) is 0. The molecule has 2 atom stereocenters. The second-order valence-corrected chi connectivity index (χ2v) is 5.83. The van der Waals surface area contributed by atoms with Crippen LogP contribution in [-0.2, 0) is 0 Å². The van der Waals surface area contributed by atoms with Crippen molar-refractivity contribution in [2.75, 3.05) is 13.2 Å². The predicted octanol–water partition coefficient (Wildman–Crippen LogP) is 4.68. The maximum absolute atomic E-state index is 6.39. The van der Waals surface area contributed by atoms with Gasteiger partial charge >= 0.3 is 0 Å². The molecule has 0 aliphatic rings. The van der Waals surface area contributed by atoms with E-state index in [-0.39, 0.29) is 6.04 Å². The topological polar surface area (TPSA) is 44.5 Å². The van der Waals surface area contributed by atoms with Crippen molar-refractivity contribution in [2.24, 2.45) is 11.7 Å². The van der Waals surface area contributed by atoms with E-state index >= 15 is 0 Å². The van der Waals surface area contributed by atoms with Crippen molar-refractivity contribution in [3.05, 3.63) is 22.2 Å². The van der Waals surface area contributed by atoms with Crippen LogP contribution in [0.15, 0.2) is 16.6 Å². The fourth-order valence-corrected chi connectivity index (χ4v) is 2.87. The molecule has 1 aromatic carbocycles. The minimum atomic E-state index is -0.000734. The van der Waals surface area contributed by atoms with Gasteiger partial charge in [-0.3, -0.25) is 0 Å². The molecule has 0 aliphatic heterocycles. The molecule has 114 valence electrons. The van der Waals surface area contributed by atoms with Gasteiger partial charge in [0, 0.05) is 10.5 Å². The van der Waals surface area contributed by atoms with Crippen LogP contribution in [0.4, 0.5) is 0 Å². The van der Waals surface area contributed by atoms with E-state index in [1.54, 1.807) is 0 Å². The van der Waals surface area contributed by atoms with Gasteiger partial charge in [0.15, 0.2) is 11.5 Å². The van der Waals surface area contributed by atoms with Crippen LogP contribution in [0.3, 0.4) is 0 Å². The molecule has 2 unspecified atom stereocenters. The Morgan fingerprint density at radius 2 is 1.65 bits per heavy atom. The van der Waals surface area contributed by atoms with Gasteiger partial charge in [-0.2, -0.15) is 0 Å². The molecule has 0 heterocycles. The van der Waals surface area contributed by atoms with Crippen LogP contribution >= 0.6 is 15.9 Å². The molecular formula is C16H26BrNO2. The zero-order chi connectivity index (χ0) is 15.1. The van der Waals surface area contributed by atoms with Gasteiger partial charge in [0.1, 0.15) is 0 Å². The first kappa shape index (κ1) is 17.3. The Morgan fingerprint density at radius 3 is 2.15 bits per heavy atom. The largest absolute Gasteiger partial charge is 0.490 e. The summed E-state index contributed by atoms with van der Waals surface area (Å²) < 4.78 is 12.3. The molecule has 0 saturated heterocycles. The maximum Gasteiger partial charge on any atom is 0.162 e. The zero-order valence-corrected chi connectivity index (χ0v) is 14.5. The minimum Gasteiger partial charge on any atom is -0.490 e. The summed E-state index contributed by atoms with van der Waals surface area (Å²) in [5.74, 6) is 1.97. The summed E-state index contributed by atoms with van der Waals surface area (Å²) in [6.45, 7) is 9.54. The van der Waals surface area contributed by atoms with E-state index in [9.17, 15) is 0 Å². The second kappa shape index (κ2) is 8.53. The standard InChI is InChI=1S/C16H26BrNO2/c1-5-8-11(4)16(18)12-9-14(19-6-2)15(20-7-3)10-13(12)17/h9-11,16H,5-8,18H2,1-4H3. The summed E-state index contributed by atoms with van der Waals surface area (Å²) in [7, 11) is 0. The van der Waals surface area contributed by atoms with E-state index in [0.29, 0.717) is 19.1 Å². The molecular weight excluding hydrogens is 318 g/mol. The van der Waals surface area contributed by atoms with Crippen molar-refractivity contribution in [3.8, 4) is 11.5 Å². The smallest absolute Gasteiger partial charge is 0.162 e. The lowest BCUT2D eigenvalue weighted by atomic mass is 9.91. The number of hydrogen-bond donors (Lipinski definition) is 1. The summed E-state index contributed by atoms with van der Waals surface area (Å²) >= 11 is 3.61. The Labute approximate surface area is 131 Å². The Bertz CT molecular complexity index is 423. The molecule has 0 aliphatic carbocycles. The van der Waals surface area contributed by atoms with E-state index in [0.717, 1.165) is 34.4 Å². The van der Waals surface area contributed by atoms with Gasteiger partial charge in [-0.15, -0.1) is 0 Å². The first-order chi connectivity index (χ1) is 9.54. The monoisotopic (exact) mass is 343 g/mol. The predicted molar refractivity (Wildman–Crippen MR) is 87.5 cm³/mol. The van der Waals surface area contributed by atoms with Gasteiger partial charge < -0.3 is 15.2 Å². The molecule has 0 aromatic heterocycles. The highest BCUT2D eigenvalue weighted by molar-refractivity contribution is 9.10. The maximum atomic E-state index is 6.39. The SMILES string of the molecule is CCCC(C)C(N)c1cc(OCC)c(OCC)cc1Br. The van der Waals surface area contributed by atoms with Crippen molar-refractivity contribution >= 4 is 15.9 Å². The molecule has 0 radical (unpaired) electrons. The van der Waals surface area contributed by atoms with Gasteiger partial charge in [-0.25, -0.2) is 0 Å². The highest BCUT2D eigenvalue weighted by atomic mass is 79.9. The fraction of sp³-hybridized carbons (Fsp3) is 0.625. The van der Waals surface area contributed by atoms with E-state index < -0.39 is 0 Å². The van der Waals surface area contributed by atoms with Crippen LogP contribution in [-0.4, -0.2) is 13.2 Å². The number of halogens is 1. The number of hydrogen-bond acceptors (Lipinski definition) is 3. The van der Waals surface area contributed by atoms with Gasteiger partial charge in [0.05, 0.1) is 13.2 Å². The summed E-state index contributed by atoms with van der Waals surface area (Å²) in [6, 6.07) is 3.97. The lowest BCUT2D eigenvalue weighted by molar-refractivity contribution is 0.286. The fourth-order valence-electron chi connectivity index (χ4n) is 2.28. The molecule has 3 nitrogen and oxygen atoms in total. The summed E-state index contributed by atoms with van der Waals surface area (Å²) in [4.78, 5) is 0. The number of benzene rings is 1. The second-order valence-electron chi connectivity index (χ2n) is 4.98. The van der Waals surface area contributed by atoms with Gasteiger partial charge in [0.25, 0.3) is 0 Å². The van der Waals surface area contributed by atoms with Crippen molar-refractivity contribution in [1.82, 2.24) is 0 Å². The van der Waals surface area contributed by atoms with Gasteiger partial charge in [0.2, 0.25) is 0 Å². The summed E-state index contributed by atoms with van der Waals surface area (Å²) in [5.41, 5.74) is 7.47. The van der Waals surface area contributed by atoms with Crippen molar-refractivity contribution < 1.29 is 9.47 Å². The molecule has 0 spiro atoms. The third-order valence-corrected chi connectivity index (χ3v) is 4.07. The van der Waals surface area contributed by atoms with Gasteiger partial charge in [-0.05, 0) is 43.9 Å². The lowest BCUT2D eigenvalue weighted by Crippen LogP contribution is -2.19. The average molecular weight is 344 g/mol. The minimum absolute atomic E-state index is 0.000734. The zero-order valence-electron chi connectivity index (χ0n) is 12.9. The molecule has 0 fully saturated rings. The first-order valence-corrected chi connectivity index (χ1v) is 8.18. The Morgan fingerprint density at radius 1 is 1.10 bits per heavy atom. The van der Waals surface area contributed by atoms with Crippen molar-refractivity contribution in [1.29, 1.82) is 0 Å². The van der Waals surface area contributed by atoms with Crippen molar-refractivity contribution in [3.63, 3.8) is 0 Å². The summed E-state index contributed by atoms with van der Waals surface area (Å²) in [6.07, 6.45) is 2.26. The molecule has 1 aromatic rings. The Kier molecular flexibility index (Phi) is 7.38. The molecule has 20 heavy (non-hydrogen) atoms. The van der Waals surface area contributed by atoms with E-state index in [4.69, 9.17) is 15.2 Å². The number of ether oxygens (including phenoxy) is 2. The normalized spacial score (nSPS) is 13.9. The van der Waals surface area contributed by atoms with Gasteiger partial charge in [-0.1, -0.05) is 36.2 Å². The van der Waals surface area contributed by atoms with E-state index in [1.165, 1.54) is 0 Å². The Hall–Kier alpha value is -0.740. The number of nitrogens with two attached hydrogens (primary N) is 1.